The molecule has 0 bridgehead atoms. The summed E-state index contributed by atoms with van der Waals surface area (Å²) in [6, 6.07) is 8.37. The van der Waals surface area contributed by atoms with Crippen LogP contribution in [0.5, 0.6) is 5.75 Å². The molecule has 17 heavy (non-hydrogen) atoms. The average molecular weight is 272 g/mol. The molecule has 0 aliphatic carbocycles. The number of benzene rings is 1. The van der Waals surface area contributed by atoms with E-state index in [1.54, 1.807) is 17.4 Å². The molecule has 1 aromatic carbocycles. The summed E-state index contributed by atoms with van der Waals surface area (Å²) < 4.78 is 0. The van der Waals surface area contributed by atoms with Crippen molar-refractivity contribution in [1.82, 2.24) is 0 Å². The molecule has 3 nitrogen and oxygen atoms in total. The smallest absolute Gasteiger partial charge is 0.545 e. The second-order valence-corrected chi connectivity index (χ2v) is 4.72. The Morgan fingerprint density at radius 3 is 2.47 bits per heavy atom. The minimum Gasteiger partial charge on any atom is -0.545 e. The van der Waals surface area contributed by atoms with Crippen LogP contribution in [0.2, 0.25) is 0 Å². The number of hydrogen-bond donors (Lipinski definition) is 1. The van der Waals surface area contributed by atoms with Crippen molar-refractivity contribution in [3.63, 3.8) is 0 Å². The fraction of sp³-hybridized carbons (Fsp3) is 0.0833. The zero-order valence-electron chi connectivity index (χ0n) is 9.56. The maximum atomic E-state index is 10.6. The van der Waals surface area contributed by atoms with E-state index in [0.717, 1.165) is 10.4 Å². The quantitative estimate of drug-likeness (QED) is 0.698. The normalized spacial score (nSPS) is 9.71. The van der Waals surface area contributed by atoms with Crippen LogP contribution in [-0.4, -0.2) is 11.1 Å². The SMILES string of the molecule is Cc1ccc(-c2ccc(C(=O)[O-])c(O)c2)s1.[K+]. The third-order valence-corrected chi connectivity index (χ3v) is 3.29. The Labute approximate surface area is 146 Å². The Morgan fingerprint density at radius 1 is 1.29 bits per heavy atom. The van der Waals surface area contributed by atoms with Gasteiger partial charge in [-0.3, -0.25) is 0 Å². The Morgan fingerprint density at radius 2 is 2.00 bits per heavy atom. The maximum absolute atomic E-state index is 10.6. The minimum atomic E-state index is -1.37. The summed E-state index contributed by atoms with van der Waals surface area (Å²) in [7, 11) is 0. The summed E-state index contributed by atoms with van der Waals surface area (Å²) in [5.74, 6) is -1.63. The molecule has 0 fully saturated rings. The first-order valence-corrected chi connectivity index (χ1v) is 5.51. The predicted octanol–water partition coefficient (Wildman–Crippen LogP) is -1.20. The molecule has 0 saturated heterocycles. The molecule has 0 radical (unpaired) electrons. The minimum absolute atomic E-state index is 0. The van der Waals surface area contributed by atoms with E-state index in [9.17, 15) is 15.0 Å². The number of carboxylic acid groups (broad SMARTS) is 1. The summed E-state index contributed by atoms with van der Waals surface area (Å²) in [5.41, 5.74) is 0.623. The molecule has 2 rings (SSSR count). The zero-order chi connectivity index (χ0) is 11.7. The number of phenols is 1. The van der Waals surface area contributed by atoms with Crippen molar-refractivity contribution in [2.24, 2.45) is 0 Å². The molecular weight excluding hydrogens is 263 g/mol. The standard InChI is InChI=1S/C12H10O3S.K/c1-7-2-5-11(16-7)8-3-4-9(12(14)15)10(13)6-8;/h2-6,13H,1H3,(H,14,15);/q;+1/p-1. The van der Waals surface area contributed by atoms with Gasteiger partial charge >= 0.3 is 51.4 Å². The summed E-state index contributed by atoms with van der Waals surface area (Å²) in [5, 5.41) is 20.1. The molecule has 0 atom stereocenters. The third kappa shape index (κ3) is 3.40. The van der Waals surface area contributed by atoms with Crippen LogP contribution in [-0.2, 0) is 0 Å². The van der Waals surface area contributed by atoms with Crippen molar-refractivity contribution in [2.45, 2.75) is 6.92 Å². The van der Waals surface area contributed by atoms with E-state index in [0.29, 0.717) is 0 Å². The third-order valence-electron chi connectivity index (χ3n) is 2.24. The van der Waals surface area contributed by atoms with Crippen LogP contribution in [0, 0.1) is 6.92 Å². The van der Waals surface area contributed by atoms with Crippen molar-refractivity contribution in [1.29, 1.82) is 0 Å². The molecule has 1 aromatic heterocycles. The predicted molar refractivity (Wildman–Crippen MR) is 60.5 cm³/mol. The van der Waals surface area contributed by atoms with Crippen molar-refractivity contribution in [3.8, 4) is 16.2 Å². The fourth-order valence-electron chi connectivity index (χ4n) is 1.45. The number of carbonyl (C=O) groups is 1. The first-order chi connectivity index (χ1) is 7.58. The van der Waals surface area contributed by atoms with Crippen molar-refractivity contribution in [2.75, 3.05) is 0 Å². The van der Waals surface area contributed by atoms with Crippen LogP contribution in [0.1, 0.15) is 15.2 Å². The van der Waals surface area contributed by atoms with Gasteiger partial charge in [-0.15, -0.1) is 11.3 Å². The molecule has 1 N–H and O–H groups in total. The van der Waals surface area contributed by atoms with Crippen molar-refractivity contribution >= 4 is 17.3 Å². The van der Waals surface area contributed by atoms with Gasteiger partial charge in [-0.2, -0.15) is 0 Å². The summed E-state index contributed by atoms with van der Waals surface area (Å²) in [4.78, 5) is 12.8. The maximum Gasteiger partial charge on any atom is 1.00 e. The van der Waals surface area contributed by atoms with Gasteiger partial charge in [0, 0.05) is 15.3 Å². The molecule has 2 aromatic rings. The second-order valence-electron chi connectivity index (χ2n) is 3.43. The number of rotatable bonds is 2. The van der Waals surface area contributed by atoms with Gasteiger partial charge in [0.15, 0.2) is 0 Å². The Bertz CT molecular complexity index is 548. The number of carbonyl (C=O) groups excluding carboxylic acids is 1. The van der Waals surface area contributed by atoms with E-state index in [-0.39, 0.29) is 62.7 Å². The van der Waals surface area contributed by atoms with Crippen LogP contribution in [0.25, 0.3) is 10.4 Å². The number of aromatic carboxylic acids is 1. The zero-order valence-corrected chi connectivity index (χ0v) is 13.5. The van der Waals surface area contributed by atoms with Crippen LogP contribution < -0.4 is 56.5 Å². The summed E-state index contributed by atoms with van der Waals surface area (Å²) in [6.45, 7) is 1.99. The topological polar surface area (TPSA) is 60.4 Å². The Kier molecular flexibility index (Phi) is 5.37. The van der Waals surface area contributed by atoms with Gasteiger partial charge in [0.05, 0.1) is 5.97 Å². The Hall–Kier alpha value is -0.174. The Balaban J connectivity index is 0.00000144. The van der Waals surface area contributed by atoms with Crippen molar-refractivity contribution in [3.05, 3.63) is 40.8 Å². The van der Waals surface area contributed by atoms with Gasteiger partial charge in [-0.05, 0) is 36.8 Å². The average Bonchev–Trinajstić information content (AvgIpc) is 2.64. The number of carboxylic acids is 1. The number of thiophene rings is 1. The second kappa shape index (κ2) is 6.13. The van der Waals surface area contributed by atoms with E-state index < -0.39 is 5.97 Å². The molecule has 0 amide bonds. The van der Waals surface area contributed by atoms with Crippen LogP contribution in [0.15, 0.2) is 30.3 Å². The fourth-order valence-corrected chi connectivity index (χ4v) is 2.31. The van der Waals surface area contributed by atoms with Gasteiger partial charge in [-0.1, -0.05) is 6.07 Å². The van der Waals surface area contributed by atoms with Gasteiger partial charge in [-0.25, -0.2) is 0 Å². The molecule has 0 aliphatic rings. The molecule has 5 heteroatoms. The number of aromatic hydroxyl groups is 1. The van der Waals surface area contributed by atoms with Crippen LogP contribution >= 0.6 is 11.3 Å². The first kappa shape index (κ1) is 14.9. The summed E-state index contributed by atoms with van der Waals surface area (Å²) >= 11 is 1.59. The summed E-state index contributed by atoms with van der Waals surface area (Å²) in [6.07, 6.45) is 0. The van der Waals surface area contributed by atoms with E-state index >= 15 is 0 Å². The van der Waals surface area contributed by atoms with Crippen LogP contribution in [0.4, 0.5) is 0 Å². The molecule has 82 valence electrons. The van der Waals surface area contributed by atoms with Gasteiger partial charge in [0.1, 0.15) is 5.75 Å². The first-order valence-electron chi connectivity index (χ1n) is 4.69. The largest absolute Gasteiger partial charge is 1.00 e. The number of aryl methyl sites for hydroxylation is 1. The van der Waals surface area contributed by atoms with E-state index in [1.807, 2.05) is 19.1 Å². The van der Waals surface area contributed by atoms with Gasteiger partial charge in [0.25, 0.3) is 0 Å². The van der Waals surface area contributed by atoms with E-state index in [2.05, 4.69) is 0 Å². The van der Waals surface area contributed by atoms with E-state index in [4.69, 9.17) is 0 Å². The van der Waals surface area contributed by atoms with Gasteiger partial charge < -0.3 is 15.0 Å². The van der Waals surface area contributed by atoms with Gasteiger partial charge in [0.2, 0.25) is 0 Å². The molecule has 0 saturated carbocycles. The van der Waals surface area contributed by atoms with Crippen molar-refractivity contribution < 1.29 is 66.4 Å². The monoisotopic (exact) mass is 272 g/mol. The molecule has 1 heterocycles. The van der Waals surface area contributed by atoms with Crippen LogP contribution in [0.3, 0.4) is 0 Å². The molecule has 0 unspecified atom stereocenters. The molecular formula is C12H9KO3S. The molecule has 0 spiro atoms. The number of hydrogen-bond acceptors (Lipinski definition) is 4. The molecule has 0 aliphatic heterocycles. The van der Waals surface area contributed by atoms with E-state index in [1.165, 1.54) is 17.0 Å².